The van der Waals surface area contributed by atoms with E-state index in [1.807, 2.05) is 0 Å². The van der Waals surface area contributed by atoms with Crippen LogP contribution in [0.25, 0.3) is 0 Å². The molecule has 0 fully saturated rings. The first-order chi connectivity index (χ1) is 9.84. The number of halogens is 1. The molecule has 8 nitrogen and oxygen atoms in total. The van der Waals surface area contributed by atoms with Gasteiger partial charge in [0.05, 0.1) is 29.1 Å². The van der Waals surface area contributed by atoms with E-state index in [1.54, 1.807) is 0 Å². The maximum Gasteiger partial charge on any atom is 0.339 e. The Hall–Kier alpha value is -2.00. The third-order valence-electron chi connectivity index (χ3n) is 2.72. The molecule has 112 valence electrons. The Balaban J connectivity index is 2.63. The maximum atomic E-state index is 11.8. The Morgan fingerprint density at radius 3 is 2.67 bits per heavy atom. The van der Waals surface area contributed by atoms with Gasteiger partial charge in [0.1, 0.15) is 6.33 Å². The van der Waals surface area contributed by atoms with Crippen molar-refractivity contribution in [2.75, 3.05) is 13.4 Å². The summed E-state index contributed by atoms with van der Waals surface area (Å²) in [5.74, 6) is -0.655. The van der Waals surface area contributed by atoms with Crippen molar-refractivity contribution in [2.45, 2.75) is 11.4 Å². The molecule has 1 heterocycles. The molecule has 0 N–H and O–H groups in total. The minimum absolute atomic E-state index is 0.000255. The predicted octanol–water partition coefficient (Wildman–Crippen LogP) is 0.565. The zero-order valence-electron chi connectivity index (χ0n) is 11.1. The number of rotatable bonds is 4. The van der Waals surface area contributed by atoms with Crippen molar-refractivity contribution in [1.82, 2.24) is 20.2 Å². The van der Waals surface area contributed by atoms with E-state index in [-0.39, 0.29) is 27.6 Å². The number of carbonyl (C=O) groups excluding carboxylic acids is 1. The summed E-state index contributed by atoms with van der Waals surface area (Å²) in [4.78, 5) is 11.7. The highest BCUT2D eigenvalue weighted by molar-refractivity contribution is 7.90. The summed E-state index contributed by atoms with van der Waals surface area (Å²) in [7, 11) is -2.31. The molecule has 0 aliphatic rings. The SMILES string of the molecule is COC(=O)c1ccc(S(C)(=O)=O)c(Cn2cnnn2)c1Cl. The molecule has 0 saturated carbocycles. The van der Waals surface area contributed by atoms with Crippen LogP contribution in [-0.4, -0.2) is 48.0 Å². The lowest BCUT2D eigenvalue weighted by atomic mass is 10.1. The van der Waals surface area contributed by atoms with Gasteiger partial charge in [-0.1, -0.05) is 11.6 Å². The lowest BCUT2D eigenvalue weighted by molar-refractivity contribution is 0.0600. The minimum Gasteiger partial charge on any atom is -0.465 e. The third-order valence-corrected chi connectivity index (χ3v) is 4.33. The van der Waals surface area contributed by atoms with Crippen LogP contribution >= 0.6 is 11.6 Å². The minimum atomic E-state index is -3.53. The van der Waals surface area contributed by atoms with Gasteiger partial charge in [0.15, 0.2) is 9.84 Å². The Kier molecular flexibility index (Phi) is 4.24. The molecule has 10 heteroatoms. The zero-order chi connectivity index (χ0) is 15.6. The van der Waals surface area contributed by atoms with Gasteiger partial charge in [-0.05, 0) is 22.6 Å². The van der Waals surface area contributed by atoms with Crippen molar-refractivity contribution in [3.8, 4) is 0 Å². The van der Waals surface area contributed by atoms with E-state index in [4.69, 9.17) is 11.6 Å². The number of hydrogen-bond acceptors (Lipinski definition) is 7. The van der Waals surface area contributed by atoms with Gasteiger partial charge in [0.25, 0.3) is 0 Å². The van der Waals surface area contributed by atoms with Crippen LogP contribution in [0, 0.1) is 0 Å². The highest BCUT2D eigenvalue weighted by Gasteiger charge is 2.22. The van der Waals surface area contributed by atoms with Crippen molar-refractivity contribution >= 4 is 27.4 Å². The molecule has 0 atom stereocenters. The first-order valence-electron chi connectivity index (χ1n) is 5.65. The summed E-state index contributed by atoms with van der Waals surface area (Å²) in [6.45, 7) is 0.0130. The zero-order valence-corrected chi connectivity index (χ0v) is 12.7. The summed E-state index contributed by atoms with van der Waals surface area (Å²) >= 11 is 6.16. The number of nitrogens with zero attached hydrogens (tertiary/aromatic N) is 4. The van der Waals surface area contributed by atoms with E-state index < -0.39 is 15.8 Å². The molecular formula is C11H11ClN4O4S. The first kappa shape index (κ1) is 15.4. The Morgan fingerprint density at radius 1 is 1.43 bits per heavy atom. The fourth-order valence-corrected chi connectivity index (χ4v) is 3.07. The van der Waals surface area contributed by atoms with Crippen LogP contribution in [0.2, 0.25) is 5.02 Å². The van der Waals surface area contributed by atoms with Crippen LogP contribution in [0.3, 0.4) is 0 Å². The number of aromatic nitrogens is 4. The number of hydrogen-bond donors (Lipinski definition) is 0. The van der Waals surface area contributed by atoms with Gasteiger partial charge in [0.2, 0.25) is 0 Å². The highest BCUT2D eigenvalue weighted by Crippen LogP contribution is 2.29. The average molecular weight is 331 g/mol. The molecule has 0 amide bonds. The number of benzene rings is 1. The van der Waals surface area contributed by atoms with E-state index in [2.05, 4.69) is 20.3 Å². The van der Waals surface area contributed by atoms with E-state index in [0.29, 0.717) is 0 Å². The van der Waals surface area contributed by atoms with Crippen molar-refractivity contribution < 1.29 is 17.9 Å². The van der Waals surface area contributed by atoms with E-state index in [0.717, 1.165) is 6.26 Å². The summed E-state index contributed by atoms with van der Waals surface area (Å²) in [6, 6.07) is 2.63. The van der Waals surface area contributed by atoms with E-state index >= 15 is 0 Å². The first-order valence-corrected chi connectivity index (χ1v) is 7.92. The molecule has 1 aromatic carbocycles. The van der Waals surface area contributed by atoms with E-state index in [9.17, 15) is 13.2 Å². The molecule has 0 aliphatic carbocycles. The fraction of sp³-hybridized carbons (Fsp3) is 0.273. The quantitative estimate of drug-likeness (QED) is 0.754. The Morgan fingerprint density at radius 2 is 2.14 bits per heavy atom. The molecule has 0 radical (unpaired) electrons. The summed E-state index contributed by atoms with van der Waals surface area (Å²) in [5, 5.41) is 10.6. The van der Waals surface area contributed by atoms with Gasteiger partial charge in [-0.2, -0.15) is 0 Å². The molecular weight excluding hydrogens is 320 g/mol. The van der Waals surface area contributed by atoms with Crippen molar-refractivity contribution in [1.29, 1.82) is 0 Å². The highest BCUT2D eigenvalue weighted by atomic mass is 35.5. The molecule has 2 aromatic rings. The molecule has 2 rings (SSSR count). The van der Waals surface area contributed by atoms with Gasteiger partial charge in [-0.25, -0.2) is 17.9 Å². The predicted molar refractivity (Wildman–Crippen MR) is 72.8 cm³/mol. The number of esters is 1. The van der Waals surface area contributed by atoms with Crippen LogP contribution < -0.4 is 0 Å². The lowest BCUT2D eigenvalue weighted by Crippen LogP contribution is -2.12. The summed E-state index contributed by atoms with van der Waals surface area (Å²) in [6.07, 6.45) is 2.37. The van der Waals surface area contributed by atoms with E-state index in [1.165, 1.54) is 30.3 Å². The molecule has 1 aromatic heterocycles. The number of sulfone groups is 1. The molecule has 0 saturated heterocycles. The van der Waals surface area contributed by atoms with Crippen LogP contribution in [0.15, 0.2) is 23.4 Å². The normalized spacial score (nSPS) is 11.4. The van der Waals surface area contributed by atoms with Crippen LogP contribution in [-0.2, 0) is 21.1 Å². The van der Waals surface area contributed by atoms with Crippen molar-refractivity contribution in [3.63, 3.8) is 0 Å². The largest absolute Gasteiger partial charge is 0.465 e. The van der Waals surface area contributed by atoms with Crippen LogP contribution in [0.4, 0.5) is 0 Å². The fourth-order valence-electron chi connectivity index (χ4n) is 1.78. The van der Waals surface area contributed by atoms with Gasteiger partial charge in [0, 0.05) is 11.8 Å². The topological polar surface area (TPSA) is 104 Å². The lowest BCUT2D eigenvalue weighted by Gasteiger charge is -2.12. The second-order valence-electron chi connectivity index (χ2n) is 4.17. The standard InChI is InChI=1S/C11H11ClN4O4S/c1-20-11(17)7-3-4-9(21(2,18)19)8(10(7)12)5-16-6-13-14-15-16/h3-4,6H,5H2,1-2H3. The monoisotopic (exact) mass is 330 g/mol. The smallest absolute Gasteiger partial charge is 0.339 e. The number of carbonyl (C=O) groups is 1. The molecule has 0 unspecified atom stereocenters. The van der Waals surface area contributed by atoms with Crippen molar-refractivity contribution in [3.05, 3.63) is 34.6 Å². The summed E-state index contributed by atoms with van der Waals surface area (Å²) in [5.41, 5.74) is 0.309. The van der Waals surface area contributed by atoms with Crippen LogP contribution in [0.5, 0.6) is 0 Å². The molecule has 0 spiro atoms. The second-order valence-corrected chi connectivity index (χ2v) is 6.54. The van der Waals surface area contributed by atoms with Crippen molar-refractivity contribution in [2.24, 2.45) is 0 Å². The maximum absolute atomic E-state index is 11.8. The van der Waals surface area contributed by atoms with Gasteiger partial charge in [-0.15, -0.1) is 5.10 Å². The van der Waals surface area contributed by atoms with Crippen LogP contribution in [0.1, 0.15) is 15.9 Å². The Bertz CT molecular complexity index is 774. The molecule has 0 aliphatic heterocycles. The van der Waals surface area contributed by atoms with Gasteiger partial charge in [-0.3, -0.25) is 0 Å². The third kappa shape index (κ3) is 3.19. The number of ether oxygens (including phenoxy) is 1. The second kappa shape index (κ2) is 5.78. The average Bonchev–Trinajstić information content (AvgIpc) is 2.91. The summed E-state index contributed by atoms with van der Waals surface area (Å²) < 4.78 is 29.6. The van der Waals surface area contributed by atoms with Gasteiger partial charge < -0.3 is 4.74 Å². The number of methoxy groups -OCH3 is 1. The molecule has 21 heavy (non-hydrogen) atoms. The Labute approximate surface area is 125 Å². The molecule has 0 bridgehead atoms. The number of tetrazole rings is 1. The van der Waals surface area contributed by atoms with Gasteiger partial charge >= 0.3 is 5.97 Å².